The summed E-state index contributed by atoms with van der Waals surface area (Å²) in [5, 5.41) is 1.02. The molecule has 1 fully saturated rings. The molecule has 0 atom stereocenters. The molecule has 0 bridgehead atoms. The molecule has 10 heteroatoms. The maximum atomic E-state index is 12.6. The van der Waals surface area contributed by atoms with Gasteiger partial charge in [0.25, 0.3) is 0 Å². The molecule has 2 N–H and O–H groups in total. The van der Waals surface area contributed by atoms with Crippen molar-refractivity contribution in [2.75, 3.05) is 45.4 Å². The summed E-state index contributed by atoms with van der Waals surface area (Å²) in [6.45, 7) is 2.55. The van der Waals surface area contributed by atoms with Crippen molar-refractivity contribution in [2.24, 2.45) is 5.73 Å². The van der Waals surface area contributed by atoms with Crippen molar-refractivity contribution in [3.05, 3.63) is 48.4 Å². The van der Waals surface area contributed by atoms with Crippen molar-refractivity contribution in [3.8, 4) is 5.75 Å². The summed E-state index contributed by atoms with van der Waals surface area (Å²) in [5.41, 5.74) is 6.77. The lowest BCUT2D eigenvalue weighted by Gasteiger charge is -2.36. The second-order valence-corrected chi connectivity index (χ2v) is 8.35. The van der Waals surface area contributed by atoms with Gasteiger partial charge in [-0.15, -0.1) is 0 Å². The summed E-state index contributed by atoms with van der Waals surface area (Å²) in [5.74, 6) is 0.816. The van der Waals surface area contributed by atoms with Crippen LogP contribution in [0, 0.1) is 0 Å². The molecule has 10 nitrogen and oxygen atoms in total. The lowest BCUT2D eigenvalue weighted by molar-refractivity contribution is -0.137. The molecule has 0 radical (unpaired) electrons. The van der Waals surface area contributed by atoms with Gasteiger partial charge in [0, 0.05) is 50.0 Å². The third kappa shape index (κ3) is 5.28. The molecule has 1 aromatic carbocycles. The number of primary amides is 1. The zero-order valence-corrected chi connectivity index (χ0v) is 19.5. The predicted molar refractivity (Wildman–Crippen MR) is 128 cm³/mol. The molecule has 0 saturated carbocycles. The molecular weight excluding hydrogens is 436 g/mol. The first kappa shape index (κ1) is 23.5. The molecule has 0 aliphatic carbocycles. The third-order valence-corrected chi connectivity index (χ3v) is 6.30. The topological polar surface area (TPSA) is 116 Å². The SMILES string of the molecule is COc1cnc(N2CCC(N(C)C(=O)COCCn3ccc4ccc(C(N)=O)cc43)CC2)nc1. The minimum Gasteiger partial charge on any atom is -0.494 e. The van der Waals surface area contributed by atoms with E-state index in [0.29, 0.717) is 30.4 Å². The van der Waals surface area contributed by atoms with Crippen molar-refractivity contribution in [1.29, 1.82) is 0 Å². The molecule has 0 unspecified atom stereocenters. The van der Waals surface area contributed by atoms with Crippen LogP contribution in [0.15, 0.2) is 42.9 Å². The number of aromatic nitrogens is 3. The van der Waals surface area contributed by atoms with E-state index in [1.54, 1.807) is 36.5 Å². The van der Waals surface area contributed by atoms with Gasteiger partial charge in [-0.05, 0) is 36.4 Å². The molecule has 0 spiro atoms. The number of nitrogens with zero attached hydrogens (tertiary/aromatic N) is 5. The number of hydrogen-bond acceptors (Lipinski definition) is 7. The molecular formula is C24H30N6O4. The first-order valence-corrected chi connectivity index (χ1v) is 11.3. The standard InChI is InChI=1S/C24H30N6O4/c1-28(19-6-9-30(10-7-19)24-26-14-20(33-2)15-27-24)22(31)16-34-12-11-29-8-5-17-3-4-18(23(25)32)13-21(17)29/h3-5,8,13-15,19H,6-7,9-12,16H2,1-2H3,(H2,25,32). The molecule has 2 amide bonds. The van der Waals surface area contributed by atoms with Gasteiger partial charge < -0.3 is 29.6 Å². The van der Waals surface area contributed by atoms with Crippen molar-refractivity contribution < 1.29 is 19.1 Å². The monoisotopic (exact) mass is 466 g/mol. The van der Waals surface area contributed by atoms with E-state index in [-0.39, 0.29) is 18.6 Å². The Bertz CT molecular complexity index is 1140. The lowest BCUT2D eigenvalue weighted by Crippen LogP contribution is -2.47. The Morgan fingerprint density at radius 2 is 1.91 bits per heavy atom. The Labute approximate surface area is 198 Å². The number of anilines is 1. The number of fused-ring (bicyclic) bond motifs is 1. The number of piperidine rings is 1. The number of benzene rings is 1. The zero-order chi connectivity index (χ0) is 24.1. The smallest absolute Gasteiger partial charge is 0.248 e. The number of carbonyl (C=O) groups excluding carboxylic acids is 2. The van der Waals surface area contributed by atoms with Crippen LogP contribution in [0.2, 0.25) is 0 Å². The fraction of sp³-hybridized carbons (Fsp3) is 0.417. The highest BCUT2D eigenvalue weighted by Crippen LogP contribution is 2.21. The molecule has 3 aromatic rings. The van der Waals surface area contributed by atoms with Crippen LogP contribution >= 0.6 is 0 Å². The van der Waals surface area contributed by atoms with Gasteiger partial charge in [0.2, 0.25) is 17.8 Å². The van der Waals surface area contributed by atoms with Gasteiger partial charge in [-0.2, -0.15) is 0 Å². The van der Waals surface area contributed by atoms with Crippen LogP contribution in [0.25, 0.3) is 10.9 Å². The van der Waals surface area contributed by atoms with Crippen LogP contribution in [0.4, 0.5) is 5.95 Å². The average Bonchev–Trinajstić information content (AvgIpc) is 3.28. The van der Waals surface area contributed by atoms with Crippen LogP contribution in [-0.4, -0.2) is 77.8 Å². The van der Waals surface area contributed by atoms with Crippen LogP contribution in [0.3, 0.4) is 0 Å². The normalized spacial score (nSPS) is 14.4. The first-order valence-electron chi connectivity index (χ1n) is 11.3. The Hall–Kier alpha value is -3.66. The van der Waals surface area contributed by atoms with E-state index in [1.165, 1.54) is 0 Å². The van der Waals surface area contributed by atoms with Gasteiger partial charge >= 0.3 is 0 Å². The Morgan fingerprint density at radius 1 is 1.18 bits per heavy atom. The second kappa shape index (κ2) is 10.5. The largest absolute Gasteiger partial charge is 0.494 e. The third-order valence-electron chi connectivity index (χ3n) is 6.30. The van der Waals surface area contributed by atoms with Gasteiger partial charge in [-0.3, -0.25) is 9.59 Å². The van der Waals surface area contributed by atoms with Gasteiger partial charge in [-0.1, -0.05) is 6.07 Å². The van der Waals surface area contributed by atoms with Crippen molar-refractivity contribution >= 4 is 28.7 Å². The highest BCUT2D eigenvalue weighted by atomic mass is 16.5. The fourth-order valence-corrected chi connectivity index (χ4v) is 4.19. The molecule has 180 valence electrons. The molecule has 4 rings (SSSR count). The summed E-state index contributed by atoms with van der Waals surface area (Å²) in [7, 11) is 3.42. The Balaban J connectivity index is 1.22. The zero-order valence-electron chi connectivity index (χ0n) is 19.5. The number of methoxy groups -OCH3 is 1. The minimum absolute atomic E-state index is 0.0318. The van der Waals surface area contributed by atoms with Crippen molar-refractivity contribution in [2.45, 2.75) is 25.4 Å². The molecule has 1 aliphatic rings. The van der Waals surface area contributed by atoms with E-state index >= 15 is 0 Å². The maximum absolute atomic E-state index is 12.6. The van der Waals surface area contributed by atoms with Crippen molar-refractivity contribution in [1.82, 2.24) is 19.4 Å². The average molecular weight is 467 g/mol. The summed E-state index contributed by atoms with van der Waals surface area (Å²) < 4.78 is 12.8. The molecule has 2 aromatic heterocycles. The molecule has 1 aliphatic heterocycles. The quantitative estimate of drug-likeness (QED) is 0.477. The second-order valence-electron chi connectivity index (χ2n) is 8.35. The Kier molecular flexibility index (Phi) is 7.27. The summed E-state index contributed by atoms with van der Waals surface area (Å²) in [6, 6.07) is 7.50. The highest BCUT2D eigenvalue weighted by Gasteiger charge is 2.26. The van der Waals surface area contributed by atoms with Gasteiger partial charge in [-0.25, -0.2) is 9.97 Å². The summed E-state index contributed by atoms with van der Waals surface area (Å²) in [6.07, 6.45) is 6.95. The highest BCUT2D eigenvalue weighted by molar-refractivity contribution is 5.97. The molecule has 3 heterocycles. The van der Waals surface area contributed by atoms with E-state index in [4.69, 9.17) is 15.2 Å². The number of amides is 2. The van der Waals surface area contributed by atoms with E-state index < -0.39 is 5.91 Å². The maximum Gasteiger partial charge on any atom is 0.248 e. The van der Waals surface area contributed by atoms with Crippen molar-refractivity contribution in [3.63, 3.8) is 0 Å². The van der Waals surface area contributed by atoms with Crippen LogP contribution in [0.5, 0.6) is 5.75 Å². The van der Waals surface area contributed by atoms with E-state index in [0.717, 1.165) is 36.8 Å². The fourth-order valence-electron chi connectivity index (χ4n) is 4.19. The number of likely N-dealkylation sites (N-methyl/N-ethyl adjacent to an activating group) is 1. The van der Waals surface area contributed by atoms with Crippen LogP contribution < -0.4 is 15.4 Å². The number of hydrogen-bond donors (Lipinski definition) is 1. The van der Waals surface area contributed by atoms with Crippen LogP contribution in [-0.2, 0) is 16.1 Å². The molecule has 1 saturated heterocycles. The van der Waals surface area contributed by atoms with Gasteiger partial charge in [0.15, 0.2) is 5.75 Å². The van der Waals surface area contributed by atoms with Crippen LogP contribution in [0.1, 0.15) is 23.2 Å². The van der Waals surface area contributed by atoms with Gasteiger partial charge in [0.1, 0.15) is 6.61 Å². The van der Waals surface area contributed by atoms with E-state index in [2.05, 4.69) is 14.9 Å². The number of nitrogens with two attached hydrogens (primary N) is 1. The summed E-state index contributed by atoms with van der Waals surface area (Å²) in [4.78, 5) is 36.7. The van der Waals surface area contributed by atoms with Gasteiger partial charge in [0.05, 0.1) is 26.1 Å². The number of rotatable bonds is 9. The minimum atomic E-state index is -0.457. The summed E-state index contributed by atoms with van der Waals surface area (Å²) >= 11 is 0. The Morgan fingerprint density at radius 3 is 2.59 bits per heavy atom. The van der Waals surface area contributed by atoms with E-state index in [9.17, 15) is 9.59 Å². The number of carbonyl (C=O) groups is 2. The lowest BCUT2D eigenvalue weighted by atomic mass is 10.0. The first-order chi connectivity index (χ1) is 16.5. The predicted octanol–water partition coefficient (Wildman–Crippen LogP) is 1.68. The molecule has 34 heavy (non-hydrogen) atoms. The van der Waals surface area contributed by atoms with E-state index in [1.807, 2.05) is 29.9 Å². The number of ether oxygens (including phenoxy) is 2.